The summed E-state index contributed by atoms with van der Waals surface area (Å²) in [6.45, 7) is 1.65. The molecule has 0 spiro atoms. The number of nitrogens with zero attached hydrogens (tertiary/aromatic N) is 2. The van der Waals surface area contributed by atoms with Crippen molar-refractivity contribution in [2.45, 2.75) is 19.8 Å². The molecule has 0 atom stereocenters. The quantitative estimate of drug-likeness (QED) is 0.625. The summed E-state index contributed by atoms with van der Waals surface area (Å²) in [5.41, 5.74) is 3.76. The van der Waals surface area contributed by atoms with Crippen LogP contribution >= 0.6 is 11.3 Å². The van der Waals surface area contributed by atoms with E-state index in [9.17, 15) is 9.59 Å². The summed E-state index contributed by atoms with van der Waals surface area (Å²) in [6.07, 6.45) is 0.287. The molecule has 2 aromatic rings. The number of benzene rings is 1. The van der Waals surface area contributed by atoms with Gasteiger partial charge in [0, 0.05) is 10.6 Å². The fourth-order valence-corrected chi connectivity index (χ4v) is 2.63. The van der Waals surface area contributed by atoms with Gasteiger partial charge >= 0.3 is 0 Å². The summed E-state index contributed by atoms with van der Waals surface area (Å²) in [5.74, 6) is -0.529. The Labute approximate surface area is 143 Å². The summed E-state index contributed by atoms with van der Waals surface area (Å²) < 4.78 is 0. The maximum atomic E-state index is 12.0. The summed E-state index contributed by atoms with van der Waals surface area (Å²) in [5, 5.41) is 17.5. The highest BCUT2D eigenvalue weighted by molar-refractivity contribution is 7.10. The number of para-hydroxylation sites is 1. The Balaban J connectivity index is 1.84. The highest BCUT2D eigenvalue weighted by Gasteiger charge is 2.08. The molecule has 2 rings (SSSR count). The van der Waals surface area contributed by atoms with Gasteiger partial charge in [0.15, 0.2) is 0 Å². The lowest BCUT2D eigenvalue weighted by molar-refractivity contribution is -0.120. The van der Waals surface area contributed by atoms with Crippen molar-refractivity contribution in [3.8, 4) is 6.07 Å². The van der Waals surface area contributed by atoms with E-state index in [0.29, 0.717) is 17.0 Å². The van der Waals surface area contributed by atoms with Gasteiger partial charge in [-0.15, -0.1) is 11.3 Å². The predicted molar refractivity (Wildman–Crippen MR) is 93.7 cm³/mol. The molecule has 122 valence electrons. The standard InChI is InChI=1S/C17H16N4O2S/c1-12(20-21-17(23)10-14-6-4-8-24-14)9-16(22)19-15-7-3-2-5-13(15)11-18/h2-8H,9-10H2,1H3,(H,19,22)(H,21,23)/b20-12+. The van der Waals surface area contributed by atoms with Gasteiger partial charge in [0.25, 0.3) is 0 Å². The Morgan fingerprint density at radius 1 is 1.21 bits per heavy atom. The maximum absolute atomic E-state index is 12.0. The number of carbonyl (C=O) groups excluding carboxylic acids is 2. The van der Waals surface area contributed by atoms with Gasteiger partial charge in [0.05, 0.1) is 24.1 Å². The fourth-order valence-electron chi connectivity index (χ4n) is 1.92. The van der Waals surface area contributed by atoms with Gasteiger partial charge in [-0.2, -0.15) is 10.4 Å². The van der Waals surface area contributed by atoms with E-state index in [1.165, 1.54) is 11.3 Å². The number of amides is 2. The van der Waals surface area contributed by atoms with Crippen LogP contribution in [0, 0.1) is 11.3 Å². The third-order valence-corrected chi connectivity index (χ3v) is 3.90. The van der Waals surface area contributed by atoms with Crippen LogP contribution in [0.15, 0.2) is 46.9 Å². The fraction of sp³-hybridized carbons (Fsp3) is 0.176. The van der Waals surface area contributed by atoms with E-state index in [0.717, 1.165) is 4.88 Å². The van der Waals surface area contributed by atoms with Gasteiger partial charge in [0.1, 0.15) is 6.07 Å². The molecule has 6 nitrogen and oxygen atoms in total. The summed E-state index contributed by atoms with van der Waals surface area (Å²) in [4.78, 5) is 24.7. The zero-order chi connectivity index (χ0) is 17.4. The van der Waals surface area contributed by atoms with E-state index >= 15 is 0 Å². The number of anilines is 1. The average Bonchev–Trinajstić information content (AvgIpc) is 3.06. The largest absolute Gasteiger partial charge is 0.325 e. The molecule has 0 aliphatic heterocycles. The Morgan fingerprint density at radius 2 is 2.00 bits per heavy atom. The number of hydrogen-bond acceptors (Lipinski definition) is 5. The molecule has 0 aliphatic carbocycles. The summed E-state index contributed by atoms with van der Waals surface area (Å²) in [7, 11) is 0. The SMILES string of the molecule is C/C(CC(=O)Nc1ccccc1C#N)=N\NC(=O)Cc1cccs1. The predicted octanol–water partition coefficient (Wildman–Crippen LogP) is 2.68. The van der Waals surface area contributed by atoms with Crippen LogP contribution in [-0.4, -0.2) is 17.5 Å². The topological polar surface area (TPSA) is 94.3 Å². The van der Waals surface area contributed by atoms with Crippen LogP contribution in [0.1, 0.15) is 23.8 Å². The highest BCUT2D eigenvalue weighted by Crippen LogP contribution is 2.13. The van der Waals surface area contributed by atoms with Crippen LogP contribution in [-0.2, 0) is 16.0 Å². The van der Waals surface area contributed by atoms with Crippen LogP contribution in [0.4, 0.5) is 5.69 Å². The number of carbonyl (C=O) groups is 2. The van der Waals surface area contributed by atoms with E-state index in [1.807, 2.05) is 23.6 Å². The third-order valence-electron chi connectivity index (χ3n) is 3.02. The Kier molecular flexibility index (Phi) is 6.23. The number of nitriles is 1. The molecule has 0 unspecified atom stereocenters. The van der Waals surface area contributed by atoms with Gasteiger partial charge in [0.2, 0.25) is 11.8 Å². The minimum absolute atomic E-state index is 0.0268. The Hall–Kier alpha value is -2.98. The Morgan fingerprint density at radius 3 is 2.71 bits per heavy atom. The first kappa shape index (κ1) is 17.4. The second-order valence-electron chi connectivity index (χ2n) is 5.02. The van der Waals surface area contributed by atoms with Crippen LogP contribution in [0.25, 0.3) is 0 Å². The van der Waals surface area contributed by atoms with Crippen molar-refractivity contribution in [2.24, 2.45) is 5.10 Å². The number of thiophene rings is 1. The second-order valence-corrected chi connectivity index (χ2v) is 6.05. The molecule has 0 fully saturated rings. The third kappa shape index (κ3) is 5.34. The highest BCUT2D eigenvalue weighted by atomic mass is 32.1. The molecule has 1 aromatic heterocycles. The number of nitrogens with one attached hydrogen (secondary N) is 2. The molecular formula is C17H16N4O2S. The zero-order valence-corrected chi connectivity index (χ0v) is 13.9. The lowest BCUT2D eigenvalue weighted by atomic mass is 10.2. The number of hydrogen-bond donors (Lipinski definition) is 2. The van der Waals surface area contributed by atoms with Crippen LogP contribution in [0.2, 0.25) is 0 Å². The molecule has 1 heterocycles. The van der Waals surface area contributed by atoms with Crippen LogP contribution < -0.4 is 10.7 Å². The zero-order valence-electron chi connectivity index (χ0n) is 13.1. The van der Waals surface area contributed by atoms with Crippen LogP contribution in [0.5, 0.6) is 0 Å². The van der Waals surface area contributed by atoms with Crippen molar-refractivity contribution in [3.05, 3.63) is 52.2 Å². The van der Waals surface area contributed by atoms with Crippen molar-refractivity contribution in [2.75, 3.05) is 5.32 Å². The molecule has 24 heavy (non-hydrogen) atoms. The van der Waals surface area contributed by atoms with Crippen molar-refractivity contribution in [1.29, 1.82) is 5.26 Å². The van der Waals surface area contributed by atoms with Gasteiger partial charge in [-0.25, -0.2) is 5.43 Å². The monoisotopic (exact) mass is 340 g/mol. The van der Waals surface area contributed by atoms with Gasteiger partial charge < -0.3 is 5.32 Å². The van der Waals surface area contributed by atoms with Crippen molar-refractivity contribution in [3.63, 3.8) is 0 Å². The molecule has 2 N–H and O–H groups in total. The van der Waals surface area contributed by atoms with E-state index in [2.05, 4.69) is 15.8 Å². The molecule has 0 saturated heterocycles. The van der Waals surface area contributed by atoms with Crippen LogP contribution in [0.3, 0.4) is 0 Å². The van der Waals surface area contributed by atoms with E-state index < -0.39 is 0 Å². The average molecular weight is 340 g/mol. The van der Waals surface area contributed by atoms with Crippen molar-refractivity contribution < 1.29 is 9.59 Å². The maximum Gasteiger partial charge on any atom is 0.245 e. The molecule has 0 saturated carbocycles. The van der Waals surface area contributed by atoms with Gasteiger partial charge in [-0.1, -0.05) is 18.2 Å². The first-order valence-corrected chi connectivity index (χ1v) is 8.10. The van der Waals surface area contributed by atoms with E-state index in [4.69, 9.17) is 5.26 Å². The minimum Gasteiger partial charge on any atom is -0.325 e. The summed E-state index contributed by atoms with van der Waals surface area (Å²) in [6, 6.07) is 12.5. The summed E-state index contributed by atoms with van der Waals surface area (Å²) >= 11 is 1.50. The Bertz CT molecular complexity index is 791. The second kappa shape index (κ2) is 8.60. The molecule has 2 amide bonds. The lowest BCUT2D eigenvalue weighted by Gasteiger charge is -2.06. The first-order valence-electron chi connectivity index (χ1n) is 7.22. The van der Waals surface area contributed by atoms with Gasteiger partial charge in [-0.05, 0) is 30.5 Å². The number of rotatable bonds is 6. The normalized spacial score (nSPS) is 10.8. The smallest absolute Gasteiger partial charge is 0.245 e. The molecule has 1 aromatic carbocycles. The first-order chi connectivity index (χ1) is 11.6. The minimum atomic E-state index is -0.300. The molecule has 0 bridgehead atoms. The van der Waals surface area contributed by atoms with Crippen molar-refractivity contribution >= 4 is 34.6 Å². The molecule has 0 radical (unpaired) electrons. The number of hydrazone groups is 1. The van der Waals surface area contributed by atoms with Crippen molar-refractivity contribution in [1.82, 2.24) is 5.43 Å². The van der Waals surface area contributed by atoms with E-state index in [1.54, 1.807) is 31.2 Å². The molecular weight excluding hydrogens is 324 g/mol. The van der Waals surface area contributed by atoms with Gasteiger partial charge in [-0.3, -0.25) is 9.59 Å². The van der Waals surface area contributed by atoms with E-state index in [-0.39, 0.29) is 24.7 Å². The lowest BCUT2D eigenvalue weighted by Crippen LogP contribution is -2.22. The molecule has 0 aliphatic rings. The molecule has 7 heteroatoms.